The molecule has 2 aromatic carbocycles. The van der Waals surface area contributed by atoms with Crippen LogP contribution in [-0.2, 0) is 0 Å². The minimum absolute atomic E-state index is 0.679. The molecular weight excluding hydrogens is 296 g/mol. The van der Waals surface area contributed by atoms with Gasteiger partial charge >= 0.3 is 0 Å². The summed E-state index contributed by atoms with van der Waals surface area (Å²) in [6.45, 7) is 0. The highest BCUT2D eigenvalue weighted by Gasteiger charge is 2.14. The van der Waals surface area contributed by atoms with Crippen LogP contribution in [0.5, 0.6) is 23.0 Å². The van der Waals surface area contributed by atoms with E-state index in [2.05, 4.69) is 0 Å². The van der Waals surface area contributed by atoms with Crippen LogP contribution < -0.4 is 18.9 Å². The van der Waals surface area contributed by atoms with Gasteiger partial charge < -0.3 is 23.4 Å². The van der Waals surface area contributed by atoms with E-state index in [9.17, 15) is 0 Å². The summed E-state index contributed by atoms with van der Waals surface area (Å²) in [6, 6.07) is 11.2. The van der Waals surface area contributed by atoms with Gasteiger partial charge in [0.25, 0.3) is 0 Å². The Kier molecular flexibility index (Phi) is 4.02. The average Bonchev–Trinajstić information content (AvgIpc) is 3.04. The molecule has 0 unspecified atom stereocenters. The third-order valence-corrected chi connectivity index (χ3v) is 3.66. The zero-order valence-corrected chi connectivity index (χ0v) is 13.5. The maximum atomic E-state index is 5.97. The third-order valence-electron chi connectivity index (χ3n) is 3.66. The molecular formula is C18H18O5. The highest BCUT2D eigenvalue weighted by Crippen LogP contribution is 2.38. The average molecular weight is 314 g/mol. The summed E-state index contributed by atoms with van der Waals surface area (Å²) in [6.07, 6.45) is 0. The molecule has 0 radical (unpaired) electrons. The number of hydrogen-bond acceptors (Lipinski definition) is 5. The monoisotopic (exact) mass is 314 g/mol. The molecule has 0 spiro atoms. The predicted octanol–water partition coefficient (Wildman–Crippen LogP) is 4.13. The summed E-state index contributed by atoms with van der Waals surface area (Å²) in [4.78, 5) is 0. The smallest absolute Gasteiger partial charge is 0.142 e. The molecule has 5 heteroatoms. The zero-order chi connectivity index (χ0) is 16.4. The Morgan fingerprint density at radius 3 is 1.83 bits per heavy atom. The van der Waals surface area contributed by atoms with E-state index in [1.807, 2.05) is 36.4 Å². The highest BCUT2D eigenvalue weighted by molar-refractivity contribution is 5.89. The summed E-state index contributed by atoms with van der Waals surface area (Å²) >= 11 is 0. The van der Waals surface area contributed by atoms with Crippen LogP contribution in [0.4, 0.5) is 0 Å². The predicted molar refractivity (Wildman–Crippen MR) is 87.9 cm³/mol. The highest BCUT2D eigenvalue weighted by atomic mass is 16.5. The van der Waals surface area contributed by atoms with Gasteiger partial charge in [-0.1, -0.05) is 0 Å². The second-order valence-corrected chi connectivity index (χ2v) is 4.95. The van der Waals surface area contributed by atoms with Crippen LogP contribution in [0.25, 0.3) is 22.3 Å². The minimum Gasteiger partial charge on any atom is -0.497 e. The van der Waals surface area contributed by atoms with Crippen LogP contribution in [0, 0.1) is 0 Å². The molecule has 3 rings (SSSR count). The van der Waals surface area contributed by atoms with Gasteiger partial charge in [-0.3, -0.25) is 0 Å². The van der Waals surface area contributed by atoms with Gasteiger partial charge in [-0.15, -0.1) is 0 Å². The van der Waals surface area contributed by atoms with Gasteiger partial charge in [-0.2, -0.15) is 0 Å². The SMILES string of the molecule is COc1cc(OC)cc(-c2cc3c(OC)cc(OC)cc3o2)c1. The number of rotatable bonds is 5. The van der Waals surface area contributed by atoms with Crippen molar-refractivity contribution in [1.82, 2.24) is 0 Å². The first-order valence-electron chi connectivity index (χ1n) is 7.07. The number of fused-ring (bicyclic) bond motifs is 1. The van der Waals surface area contributed by atoms with Crippen molar-refractivity contribution in [3.05, 3.63) is 36.4 Å². The Balaban J connectivity index is 2.17. The van der Waals surface area contributed by atoms with Crippen LogP contribution in [0.3, 0.4) is 0 Å². The number of hydrogen-bond donors (Lipinski definition) is 0. The molecule has 0 aliphatic carbocycles. The number of benzene rings is 2. The first-order valence-corrected chi connectivity index (χ1v) is 7.07. The summed E-state index contributed by atoms with van der Waals surface area (Å²) in [7, 11) is 6.46. The van der Waals surface area contributed by atoms with E-state index in [-0.39, 0.29) is 0 Å². The molecule has 0 N–H and O–H groups in total. The van der Waals surface area contributed by atoms with Gasteiger partial charge in [0.1, 0.15) is 34.3 Å². The van der Waals surface area contributed by atoms with Crippen molar-refractivity contribution in [3.8, 4) is 34.3 Å². The van der Waals surface area contributed by atoms with E-state index in [1.165, 1.54) is 0 Å². The molecule has 0 aliphatic rings. The summed E-state index contributed by atoms with van der Waals surface area (Å²) in [5.41, 5.74) is 1.55. The van der Waals surface area contributed by atoms with E-state index in [1.54, 1.807) is 28.4 Å². The van der Waals surface area contributed by atoms with Gasteiger partial charge in [0.15, 0.2) is 0 Å². The molecule has 0 saturated heterocycles. The standard InChI is InChI=1S/C18H18O5/c1-19-12-5-11(6-13(7-12)20-2)16-10-15-17(22-4)8-14(21-3)9-18(15)23-16/h5-10H,1-4H3. The fourth-order valence-corrected chi connectivity index (χ4v) is 2.46. The normalized spacial score (nSPS) is 10.6. The fourth-order valence-electron chi connectivity index (χ4n) is 2.46. The summed E-state index contributed by atoms with van der Waals surface area (Å²) < 4.78 is 27.3. The minimum atomic E-state index is 0.679. The van der Waals surface area contributed by atoms with E-state index in [4.69, 9.17) is 23.4 Å². The Bertz CT molecular complexity index is 813. The van der Waals surface area contributed by atoms with Crippen molar-refractivity contribution in [1.29, 1.82) is 0 Å². The van der Waals surface area contributed by atoms with Gasteiger partial charge in [0.2, 0.25) is 0 Å². The van der Waals surface area contributed by atoms with Crippen molar-refractivity contribution in [2.24, 2.45) is 0 Å². The van der Waals surface area contributed by atoms with Crippen molar-refractivity contribution in [2.45, 2.75) is 0 Å². The van der Waals surface area contributed by atoms with Crippen LogP contribution in [0.2, 0.25) is 0 Å². The lowest BCUT2D eigenvalue weighted by Crippen LogP contribution is -1.88. The quantitative estimate of drug-likeness (QED) is 0.708. The van der Waals surface area contributed by atoms with E-state index in [0.717, 1.165) is 10.9 Å². The molecule has 0 saturated carbocycles. The molecule has 1 heterocycles. The lowest BCUT2D eigenvalue weighted by molar-refractivity contribution is 0.394. The number of methoxy groups -OCH3 is 4. The van der Waals surface area contributed by atoms with Gasteiger partial charge in [0.05, 0.1) is 33.8 Å². The number of furan rings is 1. The van der Waals surface area contributed by atoms with E-state index < -0.39 is 0 Å². The van der Waals surface area contributed by atoms with Crippen molar-refractivity contribution >= 4 is 11.0 Å². The topological polar surface area (TPSA) is 50.1 Å². The van der Waals surface area contributed by atoms with E-state index in [0.29, 0.717) is 34.3 Å². The Morgan fingerprint density at radius 1 is 0.652 bits per heavy atom. The maximum absolute atomic E-state index is 5.97. The molecule has 0 aliphatic heterocycles. The molecule has 1 aromatic heterocycles. The van der Waals surface area contributed by atoms with Crippen molar-refractivity contribution in [2.75, 3.05) is 28.4 Å². The summed E-state index contributed by atoms with van der Waals surface area (Å²) in [5.74, 6) is 3.47. The van der Waals surface area contributed by atoms with Crippen molar-refractivity contribution < 1.29 is 23.4 Å². The molecule has 23 heavy (non-hydrogen) atoms. The second-order valence-electron chi connectivity index (χ2n) is 4.95. The first-order chi connectivity index (χ1) is 11.2. The zero-order valence-electron chi connectivity index (χ0n) is 13.5. The number of ether oxygens (including phenoxy) is 4. The molecule has 0 amide bonds. The maximum Gasteiger partial charge on any atom is 0.142 e. The summed E-state index contributed by atoms with van der Waals surface area (Å²) in [5, 5.41) is 0.880. The lowest BCUT2D eigenvalue weighted by atomic mass is 10.1. The van der Waals surface area contributed by atoms with E-state index >= 15 is 0 Å². The van der Waals surface area contributed by atoms with Gasteiger partial charge in [-0.25, -0.2) is 0 Å². The molecule has 120 valence electrons. The van der Waals surface area contributed by atoms with Crippen LogP contribution >= 0.6 is 0 Å². The third kappa shape index (κ3) is 2.77. The molecule has 5 nitrogen and oxygen atoms in total. The lowest BCUT2D eigenvalue weighted by Gasteiger charge is -2.06. The molecule has 0 fully saturated rings. The van der Waals surface area contributed by atoms with Crippen LogP contribution in [0.15, 0.2) is 40.8 Å². The van der Waals surface area contributed by atoms with Crippen molar-refractivity contribution in [3.63, 3.8) is 0 Å². The van der Waals surface area contributed by atoms with Crippen LogP contribution in [-0.4, -0.2) is 28.4 Å². The first kappa shape index (κ1) is 15.1. The van der Waals surface area contributed by atoms with Gasteiger partial charge in [-0.05, 0) is 18.2 Å². The molecule has 0 bridgehead atoms. The molecule has 3 aromatic rings. The Labute approximate surface area is 134 Å². The van der Waals surface area contributed by atoms with Gasteiger partial charge in [0, 0.05) is 23.8 Å². The molecule has 0 atom stereocenters. The Morgan fingerprint density at radius 2 is 1.26 bits per heavy atom. The second kappa shape index (κ2) is 6.12. The largest absolute Gasteiger partial charge is 0.497 e. The fraction of sp³-hybridized carbons (Fsp3) is 0.222. The Hall–Kier alpha value is -2.82. The van der Waals surface area contributed by atoms with Crippen LogP contribution in [0.1, 0.15) is 0 Å².